The molecule has 0 aliphatic heterocycles. The van der Waals surface area contributed by atoms with Crippen molar-refractivity contribution in [1.29, 1.82) is 0 Å². The van der Waals surface area contributed by atoms with E-state index in [1.54, 1.807) is 18.6 Å². The molecule has 1 heterocycles. The second-order valence-corrected chi connectivity index (χ2v) is 3.32. The highest BCUT2D eigenvalue weighted by atomic mass is 14.9. The van der Waals surface area contributed by atoms with Crippen LogP contribution < -0.4 is 5.73 Å². The standard InChI is InChI=1S/C8H11N3/c1-8(4-6(8)9)7-5-10-2-3-11-7/h2-3,5-6H,4,9H2,1H3. The van der Waals surface area contributed by atoms with Gasteiger partial charge < -0.3 is 5.73 Å². The molecule has 1 aliphatic carbocycles. The molecular weight excluding hydrogens is 138 g/mol. The van der Waals surface area contributed by atoms with Gasteiger partial charge in [0, 0.05) is 30.0 Å². The van der Waals surface area contributed by atoms with Crippen LogP contribution in [-0.4, -0.2) is 16.0 Å². The van der Waals surface area contributed by atoms with Crippen molar-refractivity contribution in [2.45, 2.75) is 24.8 Å². The Morgan fingerprint density at radius 1 is 1.64 bits per heavy atom. The predicted octanol–water partition coefficient (Wildman–Crippen LogP) is 0.465. The van der Waals surface area contributed by atoms with Crippen molar-refractivity contribution in [2.24, 2.45) is 5.73 Å². The Morgan fingerprint density at radius 3 is 2.82 bits per heavy atom. The van der Waals surface area contributed by atoms with Crippen LogP contribution in [0.1, 0.15) is 19.0 Å². The highest BCUT2D eigenvalue weighted by molar-refractivity contribution is 5.26. The topological polar surface area (TPSA) is 51.8 Å². The Balaban J connectivity index is 2.32. The first-order valence-electron chi connectivity index (χ1n) is 3.75. The maximum atomic E-state index is 5.76. The molecule has 0 saturated heterocycles. The van der Waals surface area contributed by atoms with E-state index in [0.717, 1.165) is 12.1 Å². The lowest BCUT2D eigenvalue weighted by atomic mass is 10.1. The second-order valence-electron chi connectivity index (χ2n) is 3.32. The summed E-state index contributed by atoms with van der Waals surface area (Å²) in [6, 6.07) is 0.277. The molecule has 2 rings (SSSR count). The molecule has 0 amide bonds. The summed E-state index contributed by atoms with van der Waals surface area (Å²) < 4.78 is 0. The minimum atomic E-state index is 0.105. The Kier molecular flexibility index (Phi) is 1.23. The van der Waals surface area contributed by atoms with E-state index in [9.17, 15) is 0 Å². The van der Waals surface area contributed by atoms with E-state index in [0.29, 0.717) is 0 Å². The van der Waals surface area contributed by atoms with Crippen LogP contribution in [0.2, 0.25) is 0 Å². The van der Waals surface area contributed by atoms with Crippen molar-refractivity contribution in [3.8, 4) is 0 Å². The van der Waals surface area contributed by atoms with Gasteiger partial charge in [-0.1, -0.05) is 6.92 Å². The van der Waals surface area contributed by atoms with Crippen molar-refractivity contribution in [2.75, 3.05) is 0 Å². The van der Waals surface area contributed by atoms with Crippen LogP contribution in [0.25, 0.3) is 0 Å². The number of rotatable bonds is 1. The lowest BCUT2D eigenvalue weighted by Crippen LogP contribution is -2.15. The van der Waals surface area contributed by atoms with Crippen LogP contribution in [0.3, 0.4) is 0 Å². The number of aromatic nitrogens is 2. The summed E-state index contributed by atoms with van der Waals surface area (Å²) in [4.78, 5) is 8.23. The molecule has 3 nitrogen and oxygen atoms in total. The summed E-state index contributed by atoms with van der Waals surface area (Å²) in [6.07, 6.45) is 6.23. The first-order chi connectivity index (χ1) is 5.23. The molecule has 1 aromatic heterocycles. The number of nitrogens with two attached hydrogens (primary N) is 1. The lowest BCUT2D eigenvalue weighted by Gasteiger charge is -2.06. The Labute approximate surface area is 65.7 Å². The van der Waals surface area contributed by atoms with E-state index in [1.807, 2.05) is 0 Å². The van der Waals surface area contributed by atoms with Crippen molar-refractivity contribution in [3.63, 3.8) is 0 Å². The first-order valence-corrected chi connectivity index (χ1v) is 3.75. The van der Waals surface area contributed by atoms with Crippen LogP contribution in [0, 0.1) is 0 Å². The second kappa shape index (κ2) is 2.01. The van der Waals surface area contributed by atoms with E-state index < -0.39 is 0 Å². The SMILES string of the molecule is CC1(c2cnccn2)CC1N. The van der Waals surface area contributed by atoms with Crippen molar-refractivity contribution < 1.29 is 0 Å². The zero-order valence-electron chi connectivity index (χ0n) is 6.49. The summed E-state index contributed by atoms with van der Waals surface area (Å²) in [5.41, 5.74) is 6.89. The van der Waals surface area contributed by atoms with Crippen molar-refractivity contribution >= 4 is 0 Å². The van der Waals surface area contributed by atoms with Crippen LogP contribution in [0.15, 0.2) is 18.6 Å². The average molecular weight is 149 g/mol. The fourth-order valence-electron chi connectivity index (χ4n) is 1.29. The summed E-state index contributed by atoms with van der Waals surface area (Å²) >= 11 is 0. The van der Waals surface area contributed by atoms with Gasteiger partial charge in [0.25, 0.3) is 0 Å². The third-order valence-corrected chi connectivity index (χ3v) is 2.45. The highest BCUT2D eigenvalue weighted by Gasteiger charge is 2.50. The molecule has 1 saturated carbocycles. The molecule has 11 heavy (non-hydrogen) atoms. The molecule has 2 N–H and O–H groups in total. The highest BCUT2D eigenvalue weighted by Crippen LogP contribution is 2.44. The number of nitrogens with zero attached hydrogens (tertiary/aromatic N) is 2. The molecule has 0 radical (unpaired) electrons. The fraction of sp³-hybridized carbons (Fsp3) is 0.500. The van der Waals surface area contributed by atoms with Gasteiger partial charge in [-0.15, -0.1) is 0 Å². The van der Waals surface area contributed by atoms with Gasteiger partial charge in [-0.25, -0.2) is 0 Å². The lowest BCUT2D eigenvalue weighted by molar-refractivity contribution is 0.704. The summed E-state index contributed by atoms with van der Waals surface area (Å²) in [7, 11) is 0. The van der Waals surface area contributed by atoms with Crippen LogP contribution in [-0.2, 0) is 5.41 Å². The van der Waals surface area contributed by atoms with Gasteiger partial charge >= 0.3 is 0 Å². The molecule has 1 fully saturated rings. The maximum Gasteiger partial charge on any atom is 0.0661 e. The van der Waals surface area contributed by atoms with E-state index in [-0.39, 0.29) is 11.5 Å². The quantitative estimate of drug-likeness (QED) is 0.631. The van der Waals surface area contributed by atoms with Crippen molar-refractivity contribution in [1.82, 2.24) is 9.97 Å². The maximum absolute atomic E-state index is 5.76. The normalized spacial score (nSPS) is 35.3. The van der Waals surface area contributed by atoms with E-state index >= 15 is 0 Å². The Bertz CT molecular complexity index is 259. The molecule has 58 valence electrons. The minimum Gasteiger partial charge on any atom is -0.327 e. The molecule has 0 spiro atoms. The van der Waals surface area contributed by atoms with Gasteiger partial charge in [0.15, 0.2) is 0 Å². The molecule has 2 atom stereocenters. The first kappa shape index (κ1) is 6.73. The zero-order chi connectivity index (χ0) is 7.90. The van der Waals surface area contributed by atoms with Gasteiger partial charge in [0.2, 0.25) is 0 Å². The van der Waals surface area contributed by atoms with Crippen LogP contribution >= 0.6 is 0 Å². The Morgan fingerprint density at radius 2 is 2.36 bits per heavy atom. The van der Waals surface area contributed by atoms with Crippen LogP contribution in [0.4, 0.5) is 0 Å². The van der Waals surface area contributed by atoms with Gasteiger partial charge in [-0.05, 0) is 6.42 Å². The Hall–Kier alpha value is -0.960. The zero-order valence-corrected chi connectivity index (χ0v) is 6.49. The largest absolute Gasteiger partial charge is 0.327 e. The molecule has 0 bridgehead atoms. The van der Waals surface area contributed by atoms with Gasteiger partial charge in [0.05, 0.1) is 5.69 Å². The third-order valence-electron chi connectivity index (χ3n) is 2.45. The van der Waals surface area contributed by atoms with E-state index in [1.165, 1.54) is 0 Å². The van der Waals surface area contributed by atoms with Crippen molar-refractivity contribution in [3.05, 3.63) is 24.3 Å². The fourth-order valence-corrected chi connectivity index (χ4v) is 1.29. The smallest absolute Gasteiger partial charge is 0.0661 e. The number of hydrogen-bond acceptors (Lipinski definition) is 3. The van der Waals surface area contributed by atoms with Gasteiger partial charge in [-0.3, -0.25) is 9.97 Å². The van der Waals surface area contributed by atoms with E-state index in [2.05, 4.69) is 16.9 Å². The van der Waals surface area contributed by atoms with Gasteiger partial charge in [-0.2, -0.15) is 0 Å². The third kappa shape index (κ3) is 0.922. The molecular formula is C8H11N3. The van der Waals surface area contributed by atoms with E-state index in [4.69, 9.17) is 5.73 Å². The molecule has 1 aliphatic rings. The summed E-state index contributed by atoms with van der Waals surface area (Å²) in [5.74, 6) is 0. The minimum absolute atomic E-state index is 0.105. The predicted molar refractivity (Wildman–Crippen MR) is 42.0 cm³/mol. The van der Waals surface area contributed by atoms with Gasteiger partial charge in [0.1, 0.15) is 0 Å². The molecule has 3 heteroatoms. The number of hydrogen-bond donors (Lipinski definition) is 1. The average Bonchev–Trinajstić information content (AvgIpc) is 2.64. The molecule has 1 aromatic rings. The molecule has 0 aromatic carbocycles. The monoisotopic (exact) mass is 149 g/mol. The molecule has 2 unspecified atom stereocenters. The van der Waals surface area contributed by atoms with Crippen LogP contribution in [0.5, 0.6) is 0 Å². The summed E-state index contributed by atoms with van der Waals surface area (Å²) in [6.45, 7) is 2.13. The summed E-state index contributed by atoms with van der Waals surface area (Å²) in [5, 5.41) is 0.